The van der Waals surface area contributed by atoms with Gasteiger partial charge in [-0.1, -0.05) is 90.6 Å². The van der Waals surface area contributed by atoms with Crippen molar-refractivity contribution in [3.05, 3.63) is 145 Å². The first kappa shape index (κ1) is 26.2. The molecule has 2 nitrogen and oxygen atoms in total. The van der Waals surface area contributed by atoms with Gasteiger partial charge >= 0.3 is 0 Å². The molecule has 3 heteroatoms. The molecule has 0 saturated heterocycles. The topological polar surface area (TPSA) is 18.5 Å². The standard InChI is InChI=1S/C39H30O2S/c1-40-30-18-12-27(13-19-30)38-35(26-16-22-33(23-17-26)42-32-9-4-3-5-10-32)25-36-34-11-7-6-8-29(34)24-37(36)39(38)28-14-20-31(41-2)21-15-28/h3-23,25H,24H2,1-2H3. The predicted molar refractivity (Wildman–Crippen MR) is 175 cm³/mol. The van der Waals surface area contributed by atoms with Crippen LogP contribution >= 0.6 is 11.8 Å². The van der Waals surface area contributed by atoms with Gasteiger partial charge in [-0.2, -0.15) is 0 Å². The molecule has 204 valence electrons. The molecule has 0 atom stereocenters. The van der Waals surface area contributed by atoms with Crippen LogP contribution in [0, 0.1) is 0 Å². The number of fused-ring (bicyclic) bond motifs is 3. The van der Waals surface area contributed by atoms with E-state index in [4.69, 9.17) is 9.47 Å². The van der Waals surface area contributed by atoms with Gasteiger partial charge in [-0.05, 0) is 117 Å². The van der Waals surface area contributed by atoms with Crippen LogP contribution in [0.15, 0.2) is 143 Å². The van der Waals surface area contributed by atoms with E-state index in [2.05, 4.69) is 133 Å². The van der Waals surface area contributed by atoms with Gasteiger partial charge in [0.15, 0.2) is 0 Å². The highest BCUT2D eigenvalue weighted by atomic mass is 32.2. The zero-order valence-corrected chi connectivity index (χ0v) is 24.5. The second-order valence-electron chi connectivity index (χ2n) is 10.4. The molecule has 0 radical (unpaired) electrons. The van der Waals surface area contributed by atoms with Crippen molar-refractivity contribution in [1.29, 1.82) is 0 Å². The fourth-order valence-corrected chi connectivity index (χ4v) is 6.80. The van der Waals surface area contributed by atoms with Gasteiger partial charge in [0.25, 0.3) is 0 Å². The van der Waals surface area contributed by atoms with Gasteiger partial charge < -0.3 is 9.47 Å². The zero-order valence-electron chi connectivity index (χ0n) is 23.6. The van der Waals surface area contributed by atoms with Crippen LogP contribution < -0.4 is 9.47 Å². The summed E-state index contributed by atoms with van der Waals surface area (Å²) in [5, 5.41) is 0. The van der Waals surface area contributed by atoms with Gasteiger partial charge in [0, 0.05) is 9.79 Å². The van der Waals surface area contributed by atoms with Crippen LogP contribution in [0.25, 0.3) is 44.5 Å². The molecule has 0 spiro atoms. The third-order valence-corrected chi connectivity index (χ3v) is 9.03. The maximum Gasteiger partial charge on any atom is 0.118 e. The Kier molecular flexibility index (Phi) is 7.03. The molecule has 6 aromatic rings. The number of methoxy groups -OCH3 is 2. The largest absolute Gasteiger partial charge is 0.497 e. The Labute approximate surface area is 251 Å². The van der Waals surface area contributed by atoms with Gasteiger partial charge in [0.1, 0.15) is 11.5 Å². The average molecular weight is 563 g/mol. The quantitative estimate of drug-likeness (QED) is 0.193. The lowest BCUT2D eigenvalue weighted by Crippen LogP contribution is -1.97. The molecule has 1 aliphatic rings. The van der Waals surface area contributed by atoms with Crippen molar-refractivity contribution in [2.24, 2.45) is 0 Å². The Balaban J connectivity index is 1.46. The third kappa shape index (κ3) is 4.87. The van der Waals surface area contributed by atoms with Crippen LogP contribution in [0.4, 0.5) is 0 Å². The molecule has 0 aliphatic heterocycles. The van der Waals surface area contributed by atoms with E-state index in [1.807, 2.05) is 0 Å². The summed E-state index contributed by atoms with van der Waals surface area (Å²) in [6.45, 7) is 0. The monoisotopic (exact) mass is 562 g/mol. The van der Waals surface area contributed by atoms with Crippen molar-refractivity contribution in [3.63, 3.8) is 0 Å². The normalized spacial score (nSPS) is 11.6. The molecule has 6 aromatic carbocycles. The smallest absolute Gasteiger partial charge is 0.118 e. The minimum Gasteiger partial charge on any atom is -0.497 e. The van der Waals surface area contributed by atoms with Crippen LogP contribution in [-0.4, -0.2) is 14.2 Å². The first-order chi connectivity index (χ1) is 20.7. The maximum absolute atomic E-state index is 5.52. The highest BCUT2D eigenvalue weighted by molar-refractivity contribution is 7.99. The molecule has 0 aromatic heterocycles. The molecular weight excluding hydrogens is 532 g/mol. The maximum atomic E-state index is 5.52. The molecule has 0 amide bonds. The number of benzene rings is 6. The summed E-state index contributed by atoms with van der Waals surface area (Å²) in [5.41, 5.74) is 12.6. The number of hydrogen-bond acceptors (Lipinski definition) is 3. The minimum atomic E-state index is 0.849. The van der Waals surface area contributed by atoms with Gasteiger partial charge in [-0.15, -0.1) is 0 Å². The summed E-state index contributed by atoms with van der Waals surface area (Å²) in [6, 6.07) is 47.7. The molecule has 0 unspecified atom stereocenters. The fraction of sp³-hybridized carbons (Fsp3) is 0.0769. The predicted octanol–water partition coefficient (Wildman–Crippen LogP) is 10.4. The first-order valence-electron chi connectivity index (χ1n) is 14.1. The second-order valence-corrected chi connectivity index (χ2v) is 11.6. The Hall–Kier alpha value is -4.73. The van der Waals surface area contributed by atoms with Gasteiger partial charge in [0.05, 0.1) is 14.2 Å². The summed E-state index contributed by atoms with van der Waals surface area (Å²) in [5.74, 6) is 1.70. The van der Waals surface area contributed by atoms with Gasteiger partial charge in [-0.3, -0.25) is 0 Å². The van der Waals surface area contributed by atoms with E-state index in [-0.39, 0.29) is 0 Å². The van der Waals surface area contributed by atoms with Crippen LogP contribution in [-0.2, 0) is 6.42 Å². The summed E-state index contributed by atoms with van der Waals surface area (Å²) in [4.78, 5) is 2.46. The van der Waals surface area contributed by atoms with E-state index in [1.165, 1.54) is 59.9 Å². The van der Waals surface area contributed by atoms with E-state index >= 15 is 0 Å². The van der Waals surface area contributed by atoms with E-state index in [0.29, 0.717) is 0 Å². The third-order valence-electron chi connectivity index (χ3n) is 8.01. The Morgan fingerprint density at radius 1 is 0.476 bits per heavy atom. The molecule has 7 rings (SSSR count). The number of ether oxygens (including phenoxy) is 2. The average Bonchev–Trinajstić information content (AvgIpc) is 3.43. The minimum absolute atomic E-state index is 0.849. The lowest BCUT2D eigenvalue weighted by Gasteiger charge is -2.21. The van der Waals surface area contributed by atoms with Crippen LogP contribution in [0.5, 0.6) is 11.5 Å². The van der Waals surface area contributed by atoms with Crippen molar-refractivity contribution >= 4 is 11.8 Å². The van der Waals surface area contributed by atoms with Crippen molar-refractivity contribution < 1.29 is 9.47 Å². The summed E-state index contributed by atoms with van der Waals surface area (Å²) in [7, 11) is 3.43. The van der Waals surface area contributed by atoms with E-state index in [9.17, 15) is 0 Å². The zero-order chi connectivity index (χ0) is 28.5. The molecule has 1 aliphatic carbocycles. The van der Waals surface area contributed by atoms with Crippen LogP contribution in [0.3, 0.4) is 0 Å². The molecule has 0 heterocycles. The van der Waals surface area contributed by atoms with E-state index < -0.39 is 0 Å². The highest BCUT2D eigenvalue weighted by Crippen LogP contribution is 2.50. The highest BCUT2D eigenvalue weighted by Gasteiger charge is 2.27. The first-order valence-corrected chi connectivity index (χ1v) is 14.9. The summed E-state index contributed by atoms with van der Waals surface area (Å²) in [6.07, 6.45) is 0.906. The van der Waals surface area contributed by atoms with Crippen molar-refractivity contribution in [3.8, 4) is 56.0 Å². The summed E-state index contributed by atoms with van der Waals surface area (Å²) < 4.78 is 11.0. The number of hydrogen-bond donors (Lipinski definition) is 0. The van der Waals surface area contributed by atoms with E-state index in [0.717, 1.165) is 23.5 Å². The van der Waals surface area contributed by atoms with Gasteiger partial charge in [-0.25, -0.2) is 0 Å². The Morgan fingerprint density at radius 3 is 1.67 bits per heavy atom. The second kappa shape index (κ2) is 11.3. The van der Waals surface area contributed by atoms with Crippen molar-refractivity contribution in [2.45, 2.75) is 16.2 Å². The molecule has 0 saturated carbocycles. The number of rotatable bonds is 7. The Morgan fingerprint density at radius 2 is 1.02 bits per heavy atom. The molecule has 0 fully saturated rings. The van der Waals surface area contributed by atoms with Crippen molar-refractivity contribution in [1.82, 2.24) is 0 Å². The summed E-state index contributed by atoms with van der Waals surface area (Å²) >= 11 is 1.78. The van der Waals surface area contributed by atoms with Crippen LogP contribution in [0.1, 0.15) is 11.1 Å². The lowest BCUT2D eigenvalue weighted by atomic mass is 9.82. The van der Waals surface area contributed by atoms with Crippen molar-refractivity contribution in [2.75, 3.05) is 14.2 Å². The van der Waals surface area contributed by atoms with Gasteiger partial charge in [0.2, 0.25) is 0 Å². The SMILES string of the molecule is COc1ccc(-c2c(-c3ccc(Sc4ccccc4)cc3)cc3c(c2-c2ccc(OC)cc2)Cc2ccccc2-3)cc1. The lowest BCUT2D eigenvalue weighted by molar-refractivity contribution is 0.414. The molecule has 0 bridgehead atoms. The molecular formula is C39H30O2S. The fourth-order valence-electron chi connectivity index (χ4n) is 5.96. The molecule has 42 heavy (non-hydrogen) atoms. The Bertz CT molecular complexity index is 1860. The molecule has 0 N–H and O–H groups in total. The van der Waals surface area contributed by atoms with E-state index in [1.54, 1.807) is 26.0 Å². The van der Waals surface area contributed by atoms with Crippen LogP contribution in [0.2, 0.25) is 0 Å².